The van der Waals surface area contributed by atoms with Crippen LogP contribution in [0.25, 0.3) is 0 Å². The molecule has 2 aromatic carbocycles. The molecular formula is C31H38ClF2N3O3S. The van der Waals surface area contributed by atoms with Gasteiger partial charge in [0.2, 0.25) is 0 Å². The van der Waals surface area contributed by atoms with Crippen LogP contribution in [0, 0.1) is 11.6 Å². The fourth-order valence-electron chi connectivity index (χ4n) is 5.48. The summed E-state index contributed by atoms with van der Waals surface area (Å²) >= 11 is 7.38. The highest BCUT2D eigenvalue weighted by molar-refractivity contribution is 7.11. The number of ether oxygens (including phenoxy) is 1. The van der Waals surface area contributed by atoms with Crippen LogP contribution in [0.15, 0.2) is 42.5 Å². The lowest BCUT2D eigenvalue weighted by molar-refractivity contribution is 0.0595. The van der Waals surface area contributed by atoms with Gasteiger partial charge in [0, 0.05) is 18.2 Å². The molecule has 2 atom stereocenters. The zero-order valence-electron chi connectivity index (χ0n) is 23.9. The molecule has 0 aliphatic heterocycles. The first kappa shape index (κ1) is 31.3. The average Bonchev–Trinajstić information content (AvgIpc) is 3.30. The number of hydrogen-bond acceptors (Lipinski definition) is 7. The van der Waals surface area contributed by atoms with Crippen molar-refractivity contribution in [2.24, 2.45) is 0 Å². The highest BCUT2D eigenvalue weighted by Crippen LogP contribution is 2.39. The number of benzene rings is 2. The van der Waals surface area contributed by atoms with Crippen LogP contribution in [0.3, 0.4) is 0 Å². The number of anilines is 1. The van der Waals surface area contributed by atoms with E-state index < -0.39 is 29.7 Å². The molecule has 1 heterocycles. The molecule has 0 radical (unpaired) electrons. The molecule has 0 bridgehead atoms. The van der Waals surface area contributed by atoms with Gasteiger partial charge in [0.1, 0.15) is 21.7 Å². The van der Waals surface area contributed by atoms with E-state index in [0.29, 0.717) is 10.6 Å². The molecule has 4 rings (SSSR count). The number of halogens is 3. The molecule has 3 N–H and O–H groups in total. The van der Waals surface area contributed by atoms with Crippen molar-refractivity contribution in [1.29, 1.82) is 0 Å². The molecule has 10 heteroatoms. The molecule has 6 nitrogen and oxygen atoms in total. The Balaban J connectivity index is 1.61. The summed E-state index contributed by atoms with van der Waals surface area (Å²) in [4.78, 5) is 12.0. The summed E-state index contributed by atoms with van der Waals surface area (Å²) in [6.45, 7) is 6.80. The van der Waals surface area contributed by atoms with Gasteiger partial charge in [-0.15, -0.1) is 0 Å². The second kappa shape index (κ2) is 13.2. The average molecular weight is 606 g/mol. The van der Waals surface area contributed by atoms with Crippen LogP contribution < -0.4 is 10.6 Å². The summed E-state index contributed by atoms with van der Waals surface area (Å²) < 4.78 is 36.9. The zero-order valence-corrected chi connectivity index (χ0v) is 25.5. The number of methoxy groups -OCH3 is 1. The van der Waals surface area contributed by atoms with Crippen molar-refractivity contribution in [2.75, 3.05) is 19.0 Å². The van der Waals surface area contributed by atoms with Gasteiger partial charge in [-0.3, -0.25) is 0 Å². The molecule has 1 saturated carbocycles. The monoisotopic (exact) mass is 605 g/mol. The lowest BCUT2D eigenvalue weighted by Crippen LogP contribution is -2.50. The lowest BCUT2D eigenvalue weighted by Gasteiger charge is -2.41. The zero-order chi connectivity index (χ0) is 29.8. The quantitative estimate of drug-likeness (QED) is 0.216. The maximum atomic E-state index is 14.0. The van der Waals surface area contributed by atoms with E-state index in [1.165, 1.54) is 30.4 Å². The predicted octanol–water partition coefficient (Wildman–Crippen LogP) is 6.99. The summed E-state index contributed by atoms with van der Waals surface area (Å²) in [5.41, 5.74) is 2.47. The first-order valence-electron chi connectivity index (χ1n) is 13.9. The molecule has 0 saturated heterocycles. The topological polar surface area (TPSA) is 83.5 Å². The Kier molecular flexibility index (Phi) is 10.1. The molecule has 0 spiro atoms. The van der Waals surface area contributed by atoms with Crippen LogP contribution in [0.5, 0.6) is 0 Å². The molecule has 3 aromatic rings. The van der Waals surface area contributed by atoms with Crippen molar-refractivity contribution in [1.82, 2.24) is 9.69 Å². The fourth-order valence-corrected chi connectivity index (χ4v) is 6.53. The van der Waals surface area contributed by atoms with Crippen molar-refractivity contribution in [3.05, 3.63) is 81.5 Å². The number of carbonyl (C=O) groups is 1. The van der Waals surface area contributed by atoms with E-state index in [2.05, 4.69) is 60.0 Å². The molecule has 41 heavy (non-hydrogen) atoms. The van der Waals surface area contributed by atoms with Gasteiger partial charge in [-0.2, -0.15) is 4.37 Å². The maximum Gasteiger partial charge on any atom is 0.359 e. The van der Waals surface area contributed by atoms with Gasteiger partial charge in [-0.25, -0.2) is 13.6 Å². The second-order valence-electron chi connectivity index (χ2n) is 11.8. The van der Waals surface area contributed by atoms with Crippen molar-refractivity contribution in [3.8, 4) is 0 Å². The minimum absolute atomic E-state index is 0.00229. The van der Waals surface area contributed by atoms with Crippen LogP contribution in [-0.4, -0.2) is 41.2 Å². The van der Waals surface area contributed by atoms with E-state index in [1.54, 1.807) is 0 Å². The van der Waals surface area contributed by atoms with Crippen molar-refractivity contribution >= 4 is 34.1 Å². The molecule has 222 valence electrons. The summed E-state index contributed by atoms with van der Waals surface area (Å²) in [5, 5.41) is 18.8. The Morgan fingerprint density at radius 2 is 1.83 bits per heavy atom. The number of aliphatic hydroxyl groups is 1. The minimum Gasteiger partial charge on any atom is -0.464 e. The van der Waals surface area contributed by atoms with Crippen LogP contribution in [-0.2, 0) is 22.1 Å². The Hall–Kier alpha value is -2.59. The molecule has 0 amide bonds. The number of esters is 1. The molecule has 1 fully saturated rings. The Morgan fingerprint density at radius 3 is 2.46 bits per heavy atom. The SMILES string of the molecule is COC(=O)c1nsc(NC(Cc2cc(F)cc(F)c2)C(O)CNC2(c3cccc(C(C)(C)C)c3)CCCCC2)c1Cl. The van der Waals surface area contributed by atoms with Crippen LogP contribution >= 0.6 is 23.1 Å². The van der Waals surface area contributed by atoms with Crippen molar-refractivity contribution < 1.29 is 23.4 Å². The molecular weight excluding hydrogens is 568 g/mol. The first-order chi connectivity index (χ1) is 19.4. The number of nitrogens with one attached hydrogen (secondary N) is 2. The van der Waals surface area contributed by atoms with E-state index in [1.807, 2.05) is 0 Å². The highest BCUT2D eigenvalue weighted by Gasteiger charge is 2.36. The van der Waals surface area contributed by atoms with E-state index in [4.69, 9.17) is 16.3 Å². The standard InChI is InChI=1S/C31H38ClF2N3O3S/c1-30(2,3)20-9-8-10-21(16-20)31(11-6-5-7-12-31)35-18-25(38)24(15-19-13-22(33)17-23(34)14-19)36-28-26(32)27(37-41-28)29(39)40-4/h8-10,13-14,16-17,24-25,35-36,38H,5-7,11-12,15,18H2,1-4H3. The predicted molar refractivity (Wildman–Crippen MR) is 160 cm³/mol. The van der Waals surface area contributed by atoms with Gasteiger partial charge in [0.15, 0.2) is 5.69 Å². The molecule has 2 unspecified atom stereocenters. The van der Waals surface area contributed by atoms with Gasteiger partial charge in [-0.1, -0.05) is 75.9 Å². The van der Waals surface area contributed by atoms with Gasteiger partial charge < -0.3 is 20.5 Å². The van der Waals surface area contributed by atoms with E-state index in [0.717, 1.165) is 49.7 Å². The summed E-state index contributed by atoms with van der Waals surface area (Å²) in [6.07, 6.45) is 4.29. The van der Waals surface area contributed by atoms with Crippen LogP contribution in [0.2, 0.25) is 5.02 Å². The van der Waals surface area contributed by atoms with Gasteiger partial charge in [0.25, 0.3) is 0 Å². The molecule has 1 aromatic heterocycles. The smallest absolute Gasteiger partial charge is 0.359 e. The van der Waals surface area contributed by atoms with E-state index >= 15 is 0 Å². The first-order valence-corrected chi connectivity index (χ1v) is 15.1. The van der Waals surface area contributed by atoms with Gasteiger partial charge in [-0.05, 0) is 65.0 Å². The summed E-state index contributed by atoms with van der Waals surface area (Å²) in [6, 6.07) is 11.3. The number of hydrogen-bond donors (Lipinski definition) is 3. The number of aromatic nitrogens is 1. The minimum atomic E-state index is -0.981. The summed E-state index contributed by atoms with van der Waals surface area (Å²) in [7, 11) is 1.24. The third-order valence-corrected chi connectivity index (χ3v) is 9.07. The van der Waals surface area contributed by atoms with Crippen molar-refractivity contribution in [3.63, 3.8) is 0 Å². The highest BCUT2D eigenvalue weighted by atomic mass is 35.5. The van der Waals surface area contributed by atoms with Crippen LogP contribution in [0.1, 0.15) is 80.1 Å². The number of carbonyl (C=O) groups excluding carboxylic acids is 1. The normalized spacial score (nSPS) is 16.7. The largest absolute Gasteiger partial charge is 0.464 e. The Labute approximate surface area is 249 Å². The second-order valence-corrected chi connectivity index (χ2v) is 13.0. The number of aliphatic hydroxyl groups excluding tert-OH is 1. The third-order valence-electron chi connectivity index (χ3n) is 7.81. The third kappa shape index (κ3) is 7.63. The fraction of sp³-hybridized carbons (Fsp3) is 0.484. The Bertz CT molecular complexity index is 1330. The van der Waals surface area contributed by atoms with Crippen LogP contribution in [0.4, 0.5) is 13.8 Å². The van der Waals surface area contributed by atoms with Gasteiger partial charge in [0.05, 0.1) is 19.3 Å². The number of rotatable bonds is 10. The Morgan fingerprint density at radius 1 is 1.15 bits per heavy atom. The maximum absolute atomic E-state index is 14.0. The molecule has 1 aliphatic rings. The lowest BCUT2D eigenvalue weighted by atomic mass is 9.74. The van der Waals surface area contributed by atoms with E-state index in [-0.39, 0.29) is 34.6 Å². The van der Waals surface area contributed by atoms with Crippen molar-refractivity contribution in [2.45, 2.75) is 82.4 Å². The number of nitrogens with zero attached hydrogens (tertiary/aromatic N) is 1. The molecule has 1 aliphatic carbocycles. The van der Waals surface area contributed by atoms with E-state index in [9.17, 15) is 18.7 Å². The summed E-state index contributed by atoms with van der Waals surface area (Å²) in [5.74, 6) is -2.08. The van der Waals surface area contributed by atoms with Gasteiger partial charge >= 0.3 is 5.97 Å².